The molecular weight excluding hydrogens is 561 g/mol. The molecule has 1 amide bonds. The molecule has 206 valence electrons. The van der Waals surface area contributed by atoms with Gasteiger partial charge in [0.05, 0.1) is 28.5 Å². The van der Waals surface area contributed by atoms with Crippen molar-refractivity contribution < 1.29 is 4.79 Å². The molecule has 2 atom stereocenters. The lowest BCUT2D eigenvalue weighted by molar-refractivity contribution is -0.118. The van der Waals surface area contributed by atoms with Gasteiger partial charge in [0.15, 0.2) is 5.11 Å². The molecule has 0 bridgehead atoms. The average Bonchev–Trinajstić information content (AvgIpc) is 3.42. The minimum atomic E-state index is -0.214. The summed E-state index contributed by atoms with van der Waals surface area (Å²) in [7, 11) is 0. The van der Waals surface area contributed by atoms with Crippen LogP contribution in [-0.2, 0) is 4.79 Å². The van der Waals surface area contributed by atoms with Gasteiger partial charge >= 0.3 is 0 Å². The number of thiocarbonyl (C=S) groups is 1. The maximum Gasteiger partial charge on any atom is 0.226 e. The van der Waals surface area contributed by atoms with Gasteiger partial charge < -0.3 is 20.1 Å². The summed E-state index contributed by atoms with van der Waals surface area (Å²) in [6, 6.07) is 19.2. The van der Waals surface area contributed by atoms with Crippen molar-refractivity contribution in [3.05, 3.63) is 105 Å². The number of hydrogen-bond acceptors (Lipinski definition) is 3. The molecule has 0 aliphatic carbocycles. The number of nitrogens with one attached hydrogen (secondary N) is 2. The second-order valence-corrected chi connectivity index (χ2v) is 11.6. The van der Waals surface area contributed by atoms with Crippen LogP contribution in [0.15, 0.2) is 66.9 Å². The largest absolute Gasteiger partial charge is 0.351 e. The predicted octanol–water partition coefficient (Wildman–Crippen LogP) is 7.88. The molecule has 9 heteroatoms. The standard InChI is InChI=1S/C31H31Cl2N5OS/c1-17(2)30(39)35-25-13-12-21(16-24(25)33)38-29(28(36-31(38)40)26-10-6-7-14-34-26)22-15-18(3)37(20(22)5)27-11-8-9-23(32)19(27)4/h6-17,28-29H,1-5H3,(H,35,39)(H,36,40)/t28-,29-/m1/s1. The lowest BCUT2D eigenvalue weighted by Crippen LogP contribution is -2.29. The SMILES string of the molecule is Cc1c(Cl)cccc1-n1c(C)cc([C@@H]2[C@@H](c3ccccn3)NC(=S)N2c2ccc(NC(=O)C(C)C)c(Cl)c2)c1C. The molecule has 0 spiro atoms. The normalized spacial score (nSPS) is 16.9. The number of halogens is 2. The van der Waals surface area contributed by atoms with E-state index in [0.29, 0.717) is 15.8 Å². The van der Waals surface area contributed by atoms with Gasteiger partial charge in [0.1, 0.15) is 0 Å². The number of amides is 1. The number of anilines is 2. The lowest BCUT2D eigenvalue weighted by Gasteiger charge is -2.28. The predicted molar refractivity (Wildman–Crippen MR) is 168 cm³/mol. The molecule has 2 N–H and O–H groups in total. The average molecular weight is 593 g/mol. The second kappa shape index (κ2) is 11.2. The molecule has 1 fully saturated rings. The van der Waals surface area contributed by atoms with Gasteiger partial charge in [-0.25, -0.2) is 0 Å². The van der Waals surface area contributed by atoms with Gasteiger partial charge in [-0.15, -0.1) is 0 Å². The third-order valence-electron chi connectivity index (χ3n) is 7.38. The molecular formula is C31H31Cl2N5OS. The molecule has 2 aromatic carbocycles. The van der Waals surface area contributed by atoms with Crippen molar-refractivity contribution in [2.24, 2.45) is 5.92 Å². The van der Waals surface area contributed by atoms with E-state index in [0.717, 1.165) is 44.6 Å². The zero-order valence-electron chi connectivity index (χ0n) is 23.0. The number of rotatable bonds is 6. The van der Waals surface area contributed by atoms with Crippen LogP contribution in [0.25, 0.3) is 5.69 Å². The third kappa shape index (κ3) is 5.09. The molecule has 1 aliphatic heterocycles. The molecule has 3 heterocycles. The van der Waals surface area contributed by atoms with E-state index in [9.17, 15) is 4.79 Å². The number of aryl methyl sites for hydroxylation is 1. The Balaban J connectivity index is 1.64. The van der Waals surface area contributed by atoms with Gasteiger partial charge in [0.2, 0.25) is 5.91 Å². The lowest BCUT2D eigenvalue weighted by atomic mass is 9.96. The molecule has 0 saturated carbocycles. The Morgan fingerprint density at radius 3 is 2.48 bits per heavy atom. The molecule has 4 aromatic rings. The first-order valence-corrected chi connectivity index (χ1v) is 14.3. The number of pyridine rings is 1. The third-order valence-corrected chi connectivity index (χ3v) is 8.42. The molecule has 1 saturated heterocycles. The van der Waals surface area contributed by atoms with Crippen molar-refractivity contribution in [1.29, 1.82) is 0 Å². The zero-order chi connectivity index (χ0) is 28.7. The molecule has 5 rings (SSSR count). The Morgan fingerprint density at radius 1 is 1.02 bits per heavy atom. The highest BCUT2D eigenvalue weighted by Crippen LogP contribution is 2.45. The van der Waals surface area contributed by atoms with Gasteiger partial charge in [0.25, 0.3) is 0 Å². The van der Waals surface area contributed by atoms with Crippen LogP contribution in [0.3, 0.4) is 0 Å². The molecule has 0 unspecified atom stereocenters. The Hall–Kier alpha value is -3.39. The Morgan fingerprint density at radius 2 is 1.80 bits per heavy atom. The van der Waals surface area contributed by atoms with Crippen LogP contribution in [0.2, 0.25) is 10.0 Å². The number of carbonyl (C=O) groups is 1. The summed E-state index contributed by atoms with van der Waals surface area (Å²) in [6.07, 6.45) is 1.79. The van der Waals surface area contributed by atoms with Crippen molar-refractivity contribution in [2.45, 2.75) is 46.7 Å². The van der Waals surface area contributed by atoms with Crippen molar-refractivity contribution >= 4 is 57.8 Å². The fourth-order valence-electron chi connectivity index (χ4n) is 5.28. The number of nitrogens with zero attached hydrogens (tertiary/aromatic N) is 3. The van der Waals surface area contributed by atoms with Crippen molar-refractivity contribution in [3.8, 4) is 5.69 Å². The summed E-state index contributed by atoms with van der Waals surface area (Å²) in [5.74, 6) is -0.252. The maximum atomic E-state index is 12.3. The fourth-order valence-corrected chi connectivity index (χ4v) is 6.01. The highest BCUT2D eigenvalue weighted by Gasteiger charge is 2.42. The summed E-state index contributed by atoms with van der Waals surface area (Å²) < 4.78 is 2.24. The quantitative estimate of drug-likeness (QED) is 0.223. The maximum absolute atomic E-state index is 12.3. The van der Waals surface area contributed by atoms with Crippen LogP contribution >= 0.6 is 35.4 Å². The first-order chi connectivity index (χ1) is 19.1. The Kier molecular flexibility index (Phi) is 7.91. The number of hydrogen-bond donors (Lipinski definition) is 2. The van der Waals surface area contributed by atoms with Gasteiger partial charge in [-0.2, -0.15) is 0 Å². The zero-order valence-corrected chi connectivity index (χ0v) is 25.3. The summed E-state index contributed by atoms with van der Waals surface area (Å²) in [6.45, 7) is 9.94. The minimum absolute atomic E-state index is 0.0927. The highest BCUT2D eigenvalue weighted by atomic mass is 35.5. The first kappa shape index (κ1) is 28.1. The van der Waals surface area contributed by atoms with Crippen molar-refractivity contribution in [2.75, 3.05) is 10.2 Å². The van der Waals surface area contributed by atoms with Gasteiger partial charge in [-0.1, -0.05) is 49.2 Å². The van der Waals surface area contributed by atoms with E-state index in [1.807, 2.05) is 69.3 Å². The summed E-state index contributed by atoms with van der Waals surface area (Å²) in [4.78, 5) is 19.1. The van der Waals surface area contributed by atoms with Crippen LogP contribution in [-0.4, -0.2) is 20.6 Å². The molecule has 2 aromatic heterocycles. The van der Waals surface area contributed by atoms with Gasteiger partial charge in [-0.05, 0) is 92.6 Å². The van der Waals surface area contributed by atoms with E-state index in [4.69, 9.17) is 35.4 Å². The highest BCUT2D eigenvalue weighted by molar-refractivity contribution is 7.80. The Bertz CT molecular complexity index is 1600. The van der Waals surface area contributed by atoms with Gasteiger partial charge in [0, 0.05) is 39.9 Å². The number of carbonyl (C=O) groups excluding carboxylic acids is 1. The van der Waals surface area contributed by atoms with E-state index in [-0.39, 0.29) is 23.9 Å². The van der Waals surface area contributed by atoms with Crippen LogP contribution < -0.4 is 15.5 Å². The minimum Gasteiger partial charge on any atom is -0.351 e. The topological polar surface area (TPSA) is 62.2 Å². The second-order valence-electron chi connectivity index (χ2n) is 10.4. The van der Waals surface area contributed by atoms with Gasteiger partial charge in [-0.3, -0.25) is 9.78 Å². The molecule has 1 aliphatic rings. The van der Waals surface area contributed by atoms with Crippen molar-refractivity contribution in [3.63, 3.8) is 0 Å². The fraction of sp³-hybridized carbons (Fsp3) is 0.258. The summed E-state index contributed by atoms with van der Waals surface area (Å²) in [5, 5.41) is 8.15. The number of benzene rings is 2. The van der Waals surface area contributed by atoms with E-state index in [1.165, 1.54) is 0 Å². The van der Waals surface area contributed by atoms with Crippen LogP contribution in [0.1, 0.15) is 54.1 Å². The smallest absolute Gasteiger partial charge is 0.226 e. The summed E-state index contributed by atoms with van der Waals surface area (Å²) >= 11 is 19.1. The molecule has 40 heavy (non-hydrogen) atoms. The molecule has 0 radical (unpaired) electrons. The monoisotopic (exact) mass is 591 g/mol. The number of aromatic nitrogens is 2. The van der Waals surface area contributed by atoms with Crippen LogP contribution in [0.4, 0.5) is 11.4 Å². The summed E-state index contributed by atoms with van der Waals surface area (Å²) in [5.41, 5.74) is 7.59. The van der Waals surface area contributed by atoms with E-state index < -0.39 is 0 Å². The molecule has 6 nitrogen and oxygen atoms in total. The Labute approximate surface area is 250 Å². The van der Waals surface area contributed by atoms with Crippen molar-refractivity contribution in [1.82, 2.24) is 14.9 Å². The van der Waals surface area contributed by atoms with E-state index >= 15 is 0 Å². The van der Waals surface area contributed by atoms with Crippen LogP contribution in [0, 0.1) is 26.7 Å². The first-order valence-electron chi connectivity index (χ1n) is 13.1. The van der Waals surface area contributed by atoms with E-state index in [2.05, 4.69) is 51.1 Å². The van der Waals surface area contributed by atoms with Crippen LogP contribution in [0.5, 0.6) is 0 Å². The van der Waals surface area contributed by atoms with E-state index in [1.54, 1.807) is 6.20 Å².